The van der Waals surface area contributed by atoms with E-state index in [2.05, 4.69) is 17.2 Å². The predicted molar refractivity (Wildman–Crippen MR) is 72.8 cm³/mol. The Morgan fingerprint density at radius 3 is 2.89 bits per heavy atom. The van der Waals surface area contributed by atoms with Crippen LogP contribution in [0.25, 0.3) is 0 Å². The van der Waals surface area contributed by atoms with Crippen LogP contribution in [0, 0.1) is 5.82 Å². The lowest BCUT2D eigenvalue weighted by Crippen LogP contribution is -2.07. The van der Waals surface area contributed by atoms with Gasteiger partial charge >= 0.3 is 0 Å². The monoisotopic (exact) mass is 263 g/mol. The van der Waals surface area contributed by atoms with Crippen molar-refractivity contribution in [2.75, 3.05) is 11.9 Å². The molecule has 0 saturated heterocycles. The van der Waals surface area contributed by atoms with E-state index in [1.54, 1.807) is 18.3 Å². The highest BCUT2D eigenvalue weighted by Gasteiger charge is 2.05. The standard InChI is InChI=1S/C14H18FN3O/c1-3-18-8-7-16-14(18)10-17-11-5-6-13(19-4-2)12(15)9-11/h5-9,17H,3-4,10H2,1-2H3. The number of imidazole rings is 1. The van der Waals surface area contributed by atoms with Gasteiger partial charge in [0, 0.05) is 30.7 Å². The van der Waals surface area contributed by atoms with Crippen LogP contribution in [0.5, 0.6) is 5.75 Å². The molecule has 0 bridgehead atoms. The number of ether oxygens (including phenoxy) is 1. The maximum Gasteiger partial charge on any atom is 0.167 e. The Kier molecular flexibility index (Phi) is 4.39. The number of aromatic nitrogens is 2. The summed E-state index contributed by atoms with van der Waals surface area (Å²) in [6.07, 6.45) is 3.69. The van der Waals surface area contributed by atoms with Crippen molar-refractivity contribution in [2.24, 2.45) is 0 Å². The lowest BCUT2D eigenvalue weighted by molar-refractivity contribution is 0.321. The third-order valence-corrected chi connectivity index (χ3v) is 2.82. The molecular weight excluding hydrogens is 245 g/mol. The maximum atomic E-state index is 13.7. The molecule has 1 N–H and O–H groups in total. The Balaban J connectivity index is 2.02. The smallest absolute Gasteiger partial charge is 0.167 e. The van der Waals surface area contributed by atoms with Crippen LogP contribution in [-0.2, 0) is 13.1 Å². The van der Waals surface area contributed by atoms with Crippen LogP contribution >= 0.6 is 0 Å². The molecule has 0 fully saturated rings. The number of rotatable bonds is 6. The average molecular weight is 263 g/mol. The van der Waals surface area contributed by atoms with Crippen LogP contribution < -0.4 is 10.1 Å². The number of halogens is 1. The summed E-state index contributed by atoms with van der Waals surface area (Å²) < 4.78 is 20.9. The normalized spacial score (nSPS) is 10.5. The molecule has 2 rings (SSSR count). The van der Waals surface area contributed by atoms with Gasteiger partial charge in [0.05, 0.1) is 13.2 Å². The number of hydrogen-bond acceptors (Lipinski definition) is 3. The van der Waals surface area contributed by atoms with Crippen molar-refractivity contribution >= 4 is 5.69 Å². The van der Waals surface area contributed by atoms with Gasteiger partial charge in [0.1, 0.15) is 5.82 Å². The van der Waals surface area contributed by atoms with Gasteiger partial charge in [0.25, 0.3) is 0 Å². The third kappa shape index (κ3) is 3.24. The first-order valence-electron chi connectivity index (χ1n) is 6.40. The van der Waals surface area contributed by atoms with Crippen molar-refractivity contribution in [1.82, 2.24) is 9.55 Å². The highest BCUT2D eigenvalue weighted by molar-refractivity contribution is 5.47. The van der Waals surface area contributed by atoms with E-state index in [-0.39, 0.29) is 11.6 Å². The molecule has 0 atom stereocenters. The summed E-state index contributed by atoms with van der Waals surface area (Å²) in [7, 11) is 0. The van der Waals surface area contributed by atoms with Gasteiger partial charge in [-0.25, -0.2) is 9.37 Å². The zero-order valence-corrected chi connectivity index (χ0v) is 11.2. The molecule has 2 aromatic rings. The molecule has 0 aliphatic carbocycles. The summed E-state index contributed by atoms with van der Waals surface area (Å²) in [4.78, 5) is 4.25. The highest BCUT2D eigenvalue weighted by Crippen LogP contribution is 2.21. The zero-order chi connectivity index (χ0) is 13.7. The second kappa shape index (κ2) is 6.22. The van der Waals surface area contributed by atoms with Gasteiger partial charge in [-0.1, -0.05) is 0 Å². The molecule has 1 heterocycles. The topological polar surface area (TPSA) is 39.1 Å². The predicted octanol–water partition coefficient (Wildman–Crippen LogP) is 3.05. The van der Waals surface area contributed by atoms with E-state index >= 15 is 0 Å². The molecule has 0 saturated carbocycles. The first kappa shape index (κ1) is 13.4. The van der Waals surface area contributed by atoms with Crippen molar-refractivity contribution in [1.29, 1.82) is 0 Å². The molecule has 0 unspecified atom stereocenters. The number of benzene rings is 1. The summed E-state index contributed by atoms with van der Waals surface area (Å²) in [6, 6.07) is 4.87. The number of nitrogens with zero attached hydrogens (tertiary/aromatic N) is 2. The Morgan fingerprint density at radius 1 is 1.37 bits per heavy atom. The average Bonchev–Trinajstić information content (AvgIpc) is 2.87. The molecule has 4 nitrogen and oxygen atoms in total. The number of aryl methyl sites for hydroxylation is 1. The van der Waals surface area contributed by atoms with Gasteiger partial charge in [-0.2, -0.15) is 0 Å². The van der Waals surface area contributed by atoms with Gasteiger partial charge in [-0.05, 0) is 26.0 Å². The minimum Gasteiger partial charge on any atom is -0.491 e. The molecule has 1 aromatic carbocycles. The fourth-order valence-electron chi connectivity index (χ4n) is 1.86. The molecule has 102 valence electrons. The Morgan fingerprint density at radius 2 is 2.21 bits per heavy atom. The SMILES string of the molecule is CCOc1ccc(NCc2nccn2CC)cc1F. The summed E-state index contributed by atoms with van der Waals surface area (Å²) in [5, 5.41) is 3.15. The van der Waals surface area contributed by atoms with E-state index in [1.807, 2.05) is 17.7 Å². The maximum absolute atomic E-state index is 13.7. The first-order valence-corrected chi connectivity index (χ1v) is 6.40. The minimum atomic E-state index is -0.356. The molecule has 0 radical (unpaired) electrons. The number of anilines is 1. The summed E-state index contributed by atoms with van der Waals surface area (Å²) in [5.41, 5.74) is 0.714. The molecule has 0 aliphatic heterocycles. The summed E-state index contributed by atoms with van der Waals surface area (Å²) in [6.45, 7) is 5.78. The van der Waals surface area contributed by atoms with E-state index in [0.29, 0.717) is 18.8 Å². The molecule has 5 heteroatoms. The van der Waals surface area contributed by atoms with E-state index in [9.17, 15) is 4.39 Å². The van der Waals surface area contributed by atoms with Crippen molar-refractivity contribution in [2.45, 2.75) is 26.9 Å². The van der Waals surface area contributed by atoms with E-state index in [1.165, 1.54) is 6.07 Å². The van der Waals surface area contributed by atoms with Crippen LogP contribution in [0.4, 0.5) is 10.1 Å². The molecule has 0 amide bonds. The number of hydrogen-bond donors (Lipinski definition) is 1. The van der Waals surface area contributed by atoms with Gasteiger partial charge < -0.3 is 14.6 Å². The quantitative estimate of drug-likeness (QED) is 0.870. The van der Waals surface area contributed by atoms with Crippen molar-refractivity contribution in [3.63, 3.8) is 0 Å². The highest BCUT2D eigenvalue weighted by atomic mass is 19.1. The molecule has 19 heavy (non-hydrogen) atoms. The third-order valence-electron chi connectivity index (χ3n) is 2.82. The van der Waals surface area contributed by atoms with Gasteiger partial charge in [-0.15, -0.1) is 0 Å². The van der Waals surface area contributed by atoms with E-state index in [4.69, 9.17) is 4.74 Å². The first-order chi connectivity index (χ1) is 9.24. The van der Waals surface area contributed by atoms with Crippen LogP contribution in [0.15, 0.2) is 30.6 Å². The molecule has 1 aromatic heterocycles. The molecule has 0 aliphatic rings. The van der Waals surface area contributed by atoms with Crippen molar-refractivity contribution in [3.05, 3.63) is 42.2 Å². The lowest BCUT2D eigenvalue weighted by atomic mass is 10.3. The van der Waals surface area contributed by atoms with Gasteiger partial charge in [0.2, 0.25) is 0 Å². The van der Waals surface area contributed by atoms with Gasteiger partial charge in [-0.3, -0.25) is 0 Å². The van der Waals surface area contributed by atoms with Crippen LogP contribution in [0.2, 0.25) is 0 Å². The van der Waals surface area contributed by atoms with E-state index in [0.717, 1.165) is 12.4 Å². The number of nitrogens with one attached hydrogen (secondary N) is 1. The Hall–Kier alpha value is -2.04. The van der Waals surface area contributed by atoms with Crippen LogP contribution in [-0.4, -0.2) is 16.2 Å². The zero-order valence-electron chi connectivity index (χ0n) is 11.2. The van der Waals surface area contributed by atoms with Crippen molar-refractivity contribution < 1.29 is 9.13 Å². The Labute approximate surface area is 112 Å². The second-order valence-electron chi connectivity index (χ2n) is 4.06. The van der Waals surface area contributed by atoms with Crippen LogP contribution in [0.3, 0.4) is 0 Å². The Bertz CT molecular complexity index is 539. The fraction of sp³-hybridized carbons (Fsp3) is 0.357. The van der Waals surface area contributed by atoms with E-state index < -0.39 is 0 Å². The minimum absolute atomic E-state index is 0.281. The fourth-order valence-corrected chi connectivity index (χ4v) is 1.86. The molecule has 0 spiro atoms. The van der Waals surface area contributed by atoms with Gasteiger partial charge in [0.15, 0.2) is 11.6 Å². The van der Waals surface area contributed by atoms with Crippen molar-refractivity contribution in [3.8, 4) is 5.75 Å². The second-order valence-corrected chi connectivity index (χ2v) is 4.06. The molecular formula is C14H18FN3O. The van der Waals surface area contributed by atoms with Crippen LogP contribution in [0.1, 0.15) is 19.7 Å². The largest absolute Gasteiger partial charge is 0.491 e. The summed E-state index contributed by atoms with van der Waals surface area (Å²) >= 11 is 0. The summed E-state index contributed by atoms with van der Waals surface area (Å²) in [5.74, 6) is 0.852. The lowest BCUT2D eigenvalue weighted by Gasteiger charge is -2.10.